The first-order valence-corrected chi connectivity index (χ1v) is 10.8. The molecule has 2 aromatic rings. The van der Waals surface area contributed by atoms with Gasteiger partial charge in [0.2, 0.25) is 0 Å². The molecule has 4 rings (SSSR count). The Balaban J connectivity index is 1.24. The number of carbonyl (C=O) groups excluding carboxylic acids is 1. The molecule has 6 nitrogen and oxygen atoms in total. The van der Waals surface area contributed by atoms with Gasteiger partial charge >= 0.3 is 0 Å². The molecular weight excluding hydrogens is 380 g/mol. The molecule has 0 spiro atoms. The number of morpholine rings is 1. The highest BCUT2D eigenvalue weighted by molar-refractivity contribution is 5.94. The van der Waals surface area contributed by atoms with E-state index < -0.39 is 0 Å². The molecule has 30 heavy (non-hydrogen) atoms. The van der Waals surface area contributed by atoms with E-state index in [2.05, 4.69) is 34.5 Å². The summed E-state index contributed by atoms with van der Waals surface area (Å²) in [6, 6.07) is 17.7. The lowest BCUT2D eigenvalue weighted by atomic mass is 10.1. The topological polar surface area (TPSA) is 60.0 Å². The summed E-state index contributed by atoms with van der Waals surface area (Å²) < 4.78 is 17.2. The zero-order valence-corrected chi connectivity index (χ0v) is 17.3. The Bertz CT molecular complexity index is 808. The smallest absolute Gasteiger partial charge is 0.251 e. The van der Waals surface area contributed by atoms with Crippen LogP contribution in [-0.4, -0.2) is 62.5 Å². The highest BCUT2D eigenvalue weighted by atomic mass is 16.5. The quantitative estimate of drug-likeness (QED) is 0.725. The Morgan fingerprint density at radius 3 is 2.77 bits per heavy atom. The van der Waals surface area contributed by atoms with Crippen LogP contribution in [0.5, 0.6) is 5.75 Å². The van der Waals surface area contributed by atoms with Crippen molar-refractivity contribution in [2.24, 2.45) is 0 Å². The molecule has 160 valence electrons. The van der Waals surface area contributed by atoms with Crippen LogP contribution < -0.4 is 10.1 Å². The van der Waals surface area contributed by atoms with Crippen molar-refractivity contribution in [2.45, 2.75) is 31.6 Å². The molecule has 0 radical (unpaired) electrons. The van der Waals surface area contributed by atoms with Crippen LogP contribution in [0.4, 0.5) is 0 Å². The minimum absolute atomic E-state index is 0.00893. The predicted octanol–water partition coefficient (Wildman–Crippen LogP) is 2.88. The summed E-state index contributed by atoms with van der Waals surface area (Å²) in [5.41, 5.74) is 1.89. The van der Waals surface area contributed by atoms with Gasteiger partial charge in [-0.3, -0.25) is 9.69 Å². The molecule has 2 atom stereocenters. The Labute approximate surface area is 178 Å². The number of amides is 1. The van der Waals surface area contributed by atoms with E-state index in [0.29, 0.717) is 31.1 Å². The van der Waals surface area contributed by atoms with Crippen molar-refractivity contribution in [1.82, 2.24) is 10.2 Å². The Morgan fingerprint density at radius 1 is 1.07 bits per heavy atom. The lowest BCUT2D eigenvalue weighted by molar-refractivity contribution is -0.0292. The van der Waals surface area contributed by atoms with Crippen molar-refractivity contribution in [1.29, 1.82) is 0 Å². The summed E-state index contributed by atoms with van der Waals surface area (Å²) in [6.45, 7) is 5.12. The minimum atomic E-state index is -0.110. The molecule has 2 saturated heterocycles. The van der Waals surface area contributed by atoms with E-state index in [1.807, 2.05) is 18.2 Å². The molecule has 2 aromatic carbocycles. The molecule has 2 unspecified atom stereocenters. The monoisotopic (exact) mass is 410 g/mol. The van der Waals surface area contributed by atoms with E-state index >= 15 is 0 Å². The van der Waals surface area contributed by atoms with Gasteiger partial charge in [-0.15, -0.1) is 0 Å². The summed E-state index contributed by atoms with van der Waals surface area (Å²) in [5.74, 6) is 0.586. The van der Waals surface area contributed by atoms with Gasteiger partial charge in [0.25, 0.3) is 5.91 Å². The first-order chi connectivity index (χ1) is 14.8. The number of rotatable bonds is 8. The maximum absolute atomic E-state index is 12.6. The van der Waals surface area contributed by atoms with Gasteiger partial charge in [-0.1, -0.05) is 36.4 Å². The van der Waals surface area contributed by atoms with E-state index in [1.165, 1.54) is 5.56 Å². The Hall–Kier alpha value is -2.41. The van der Waals surface area contributed by atoms with Crippen LogP contribution in [0.15, 0.2) is 54.6 Å². The van der Waals surface area contributed by atoms with Gasteiger partial charge in [0.1, 0.15) is 12.4 Å². The summed E-state index contributed by atoms with van der Waals surface area (Å²) in [6.07, 6.45) is 2.26. The molecule has 1 amide bonds. The highest BCUT2D eigenvalue weighted by Gasteiger charge is 2.21. The number of ether oxygens (including phenoxy) is 3. The fraction of sp³-hybridized carbons (Fsp3) is 0.458. The van der Waals surface area contributed by atoms with Crippen LogP contribution in [0, 0.1) is 0 Å². The highest BCUT2D eigenvalue weighted by Crippen LogP contribution is 2.17. The number of nitrogens with one attached hydrogen (secondary N) is 1. The first kappa shape index (κ1) is 20.8. The SMILES string of the molecule is O=C(NCC1CN(Cc2ccccc2)CCO1)c1cccc(OCC2CCCO2)c1. The van der Waals surface area contributed by atoms with E-state index in [0.717, 1.165) is 39.1 Å². The standard InChI is InChI=1S/C24H30N2O4/c27-24(20-8-4-9-21(14-20)30-18-22-10-5-12-28-22)25-15-23-17-26(11-13-29-23)16-19-6-2-1-3-7-19/h1-4,6-9,14,22-23H,5,10-13,15-18H2,(H,25,27). The van der Waals surface area contributed by atoms with Crippen LogP contribution >= 0.6 is 0 Å². The molecule has 0 bridgehead atoms. The van der Waals surface area contributed by atoms with Crippen LogP contribution in [-0.2, 0) is 16.0 Å². The lowest BCUT2D eigenvalue weighted by Gasteiger charge is -2.33. The summed E-state index contributed by atoms with van der Waals surface area (Å²) >= 11 is 0. The summed E-state index contributed by atoms with van der Waals surface area (Å²) in [5, 5.41) is 3.01. The normalized spacial score (nSPS) is 22.0. The maximum Gasteiger partial charge on any atom is 0.251 e. The van der Waals surface area contributed by atoms with Crippen LogP contribution in [0.25, 0.3) is 0 Å². The third-order valence-electron chi connectivity index (χ3n) is 5.52. The van der Waals surface area contributed by atoms with Gasteiger partial charge < -0.3 is 19.5 Å². The molecule has 0 saturated carbocycles. The van der Waals surface area contributed by atoms with Crippen molar-refractivity contribution in [3.8, 4) is 5.75 Å². The van der Waals surface area contributed by atoms with Gasteiger partial charge in [0, 0.05) is 38.3 Å². The van der Waals surface area contributed by atoms with Crippen molar-refractivity contribution in [3.05, 3.63) is 65.7 Å². The molecule has 2 aliphatic rings. The zero-order chi connectivity index (χ0) is 20.6. The number of hydrogen-bond acceptors (Lipinski definition) is 5. The van der Waals surface area contributed by atoms with E-state index in [-0.39, 0.29) is 18.1 Å². The average molecular weight is 411 g/mol. The van der Waals surface area contributed by atoms with E-state index in [9.17, 15) is 4.79 Å². The molecule has 6 heteroatoms. The van der Waals surface area contributed by atoms with E-state index in [4.69, 9.17) is 14.2 Å². The van der Waals surface area contributed by atoms with Gasteiger partial charge in [-0.05, 0) is 36.6 Å². The van der Waals surface area contributed by atoms with Crippen LogP contribution in [0.1, 0.15) is 28.8 Å². The van der Waals surface area contributed by atoms with Crippen LogP contribution in [0.3, 0.4) is 0 Å². The van der Waals surface area contributed by atoms with Gasteiger partial charge in [0.05, 0.1) is 18.8 Å². The molecule has 2 aliphatic heterocycles. The predicted molar refractivity (Wildman–Crippen MR) is 115 cm³/mol. The molecular formula is C24H30N2O4. The summed E-state index contributed by atoms with van der Waals surface area (Å²) in [4.78, 5) is 15.0. The molecule has 2 heterocycles. The van der Waals surface area contributed by atoms with Crippen molar-refractivity contribution in [2.75, 3.05) is 39.5 Å². The average Bonchev–Trinajstić information content (AvgIpc) is 3.31. The molecule has 1 N–H and O–H groups in total. The fourth-order valence-corrected chi connectivity index (χ4v) is 3.89. The minimum Gasteiger partial charge on any atom is -0.491 e. The Morgan fingerprint density at radius 2 is 1.93 bits per heavy atom. The van der Waals surface area contributed by atoms with Crippen molar-refractivity contribution in [3.63, 3.8) is 0 Å². The number of nitrogens with zero attached hydrogens (tertiary/aromatic N) is 1. The third-order valence-corrected chi connectivity index (χ3v) is 5.52. The number of benzene rings is 2. The Kier molecular flexibility index (Phi) is 7.34. The second kappa shape index (κ2) is 10.6. The van der Waals surface area contributed by atoms with Gasteiger partial charge in [0.15, 0.2) is 0 Å². The molecule has 2 fully saturated rings. The maximum atomic E-state index is 12.6. The third kappa shape index (κ3) is 6.05. The summed E-state index contributed by atoms with van der Waals surface area (Å²) in [7, 11) is 0. The number of hydrogen-bond donors (Lipinski definition) is 1. The van der Waals surface area contributed by atoms with Crippen molar-refractivity contribution < 1.29 is 19.0 Å². The fourth-order valence-electron chi connectivity index (χ4n) is 3.89. The zero-order valence-electron chi connectivity index (χ0n) is 17.3. The second-order valence-corrected chi connectivity index (χ2v) is 7.90. The number of carbonyl (C=O) groups is 1. The second-order valence-electron chi connectivity index (χ2n) is 7.90. The van der Waals surface area contributed by atoms with Gasteiger partial charge in [-0.2, -0.15) is 0 Å². The molecule has 0 aliphatic carbocycles. The lowest BCUT2D eigenvalue weighted by Crippen LogP contribution is -2.47. The van der Waals surface area contributed by atoms with Crippen LogP contribution in [0.2, 0.25) is 0 Å². The molecule has 0 aromatic heterocycles. The van der Waals surface area contributed by atoms with Gasteiger partial charge in [-0.25, -0.2) is 0 Å². The largest absolute Gasteiger partial charge is 0.491 e. The first-order valence-electron chi connectivity index (χ1n) is 10.8. The van der Waals surface area contributed by atoms with Crippen molar-refractivity contribution >= 4 is 5.91 Å². The van der Waals surface area contributed by atoms with E-state index in [1.54, 1.807) is 12.1 Å².